The number of fused-ring (bicyclic) bond motifs is 1. The van der Waals surface area contributed by atoms with Crippen LogP contribution in [0.4, 0.5) is 5.82 Å². The Balaban J connectivity index is 1.43. The Kier molecular flexibility index (Phi) is 4.50. The number of rotatable bonds is 3. The molecule has 2 atom stereocenters. The van der Waals surface area contributed by atoms with Gasteiger partial charge in [0.1, 0.15) is 5.82 Å². The number of hydrogen-bond acceptors (Lipinski definition) is 5. The van der Waals surface area contributed by atoms with Gasteiger partial charge in [0.25, 0.3) is 5.91 Å². The summed E-state index contributed by atoms with van der Waals surface area (Å²) < 4.78 is 0. The lowest BCUT2D eigenvalue weighted by atomic mass is 10.0. The summed E-state index contributed by atoms with van der Waals surface area (Å²) in [5.74, 6) is 0.587. The van der Waals surface area contributed by atoms with Gasteiger partial charge in [0.2, 0.25) is 0 Å². The van der Waals surface area contributed by atoms with Gasteiger partial charge in [0.05, 0.1) is 29.4 Å². The molecule has 2 aromatic carbocycles. The number of β-amino-alcohol motifs (C(OH)–C–C–N with tert-alkyl or cyclic N) is 1. The smallest absolute Gasteiger partial charge is 0.251 e. The third-order valence-electron chi connectivity index (χ3n) is 4.69. The van der Waals surface area contributed by atoms with Gasteiger partial charge < -0.3 is 15.3 Å². The molecule has 1 aliphatic heterocycles. The number of aromatic nitrogens is 2. The lowest BCUT2D eigenvalue weighted by molar-refractivity contribution is 0.0797. The molecule has 6 heteroatoms. The normalized spacial score (nSPS) is 20.1. The van der Waals surface area contributed by atoms with Crippen LogP contribution in [0.15, 0.2) is 60.8 Å². The maximum atomic E-state index is 12.3. The number of carbonyl (C=O) groups excluding carboxylic acids is 1. The molecule has 0 aliphatic carbocycles. The summed E-state index contributed by atoms with van der Waals surface area (Å²) in [6.45, 7) is 1.11. The SMILES string of the molecule is O=C(N[C@@H]1CCN(c2cnc3ccccc3n2)C[C@H]1O)c1ccccc1. The van der Waals surface area contributed by atoms with E-state index in [-0.39, 0.29) is 11.9 Å². The first-order valence-electron chi connectivity index (χ1n) is 8.71. The number of nitrogens with zero attached hydrogens (tertiary/aromatic N) is 3. The van der Waals surface area contributed by atoms with E-state index in [1.54, 1.807) is 18.3 Å². The number of carbonyl (C=O) groups is 1. The number of nitrogens with one attached hydrogen (secondary N) is 1. The van der Waals surface area contributed by atoms with Crippen molar-refractivity contribution in [2.24, 2.45) is 0 Å². The van der Waals surface area contributed by atoms with E-state index in [1.807, 2.05) is 47.4 Å². The van der Waals surface area contributed by atoms with Crippen LogP contribution < -0.4 is 10.2 Å². The van der Waals surface area contributed by atoms with Crippen molar-refractivity contribution in [3.63, 3.8) is 0 Å². The van der Waals surface area contributed by atoms with Gasteiger partial charge in [-0.05, 0) is 30.7 Å². The van der Waals surface area contributed by atoms with Crippen molar-refractivity contribution in [1.82, 2.24) is 15.3 Å². The standard InChI is InChI=1S/C20H20N4O2/c25-18-13-24(19-12-21-15-8-4-5-9-16(15)22-19)11-10-17(18)23-20(26)14-6-2-1-3-7-14/h1-9,12,17-18,25H,10-11,13H2,(H,23,26)/t17-,18-/m1/s1. The Morgan fingerprint density at radius 1 is 1.08 bits per heavy atom. The molecule has 0 radical (unpaired) electrons. The molecule has 26 heavy (non-hydrogen) atoms. The molecule has 2 heterocycles. The highest BCUT2D eigenvalue weighted by Gasteiger charge is 2.29. The minimum atomic E-state index is -0.662. The molecule has 0 unspecified atom stereocenters. The van der Waals surface area contributed by atoms with E-state index in [1.165, 1.54) is 0 Å². The largest absolute Gasteiger partial charge is 0.389 e. The predicted octanol–water partition coefficient (Wildman–Crippen LogP) is 2.00. The van der Waals surface area contributed by atoms with Gasteiger partial charge in [-0.1, -0.05) is 30.3 Å². The fraction of sp³-hybridized carbons (Fsp3) is 0.250. The first kappa shape index (κ1) is 16.5. The molecule has 4 rings (SSSR count). The van der Waals surface area contributed by atoms with Gasteiger partial charge in [-0.25, -0.2) is 4.98 Å². The van der Waals surface area contributed by atoms with Crippen molar-refractivity contribution in [1.29, 1.82) is 0 Å². The Morgan fingerprint density at radius 3 is 2.58 bits per heavy atom. The Labute approximate surface area is 151 Å². The molecule has 1 saturated heterocycles. The van der Waals surface area contributed by atoms with Crippen molar-refractivity contribution in [2.75, 3.05) is 18.0 Å². The topological polar surface area (TPSA) is 78.4 Å². The zero-order valence-electron chi connectivity index (χ0n) is 14.2. The Morgan fingerprint density at radius 2 is 1.81 bits per heavy atom. The monoisotopic (exact) mass is 348 g/mol. The average molecular weight is 348 g/mol. The summed E-state index contributed by atoms with van der Waals surface area (Å²) in [4.78, 5) is 23.4. The van der Waals surface area contributed by atoms with Crippen molar-refractivity contribution >= 4 is 22.8 Å². The van der Waals surface area contributed by atoms with E-state index >= 15 is 0 Å². The van der Waals surface area contributed by atoms with Crippen molar-refractivity contribution in [3.8, 4) is 0 Å². The van der Waals surface area contributed by atoms with Crippen molar-refractivity contribution < 1.29 is 9.90 Å². The molecule has 0 bridgehead atoms. The minimum absolute atomic E-state index is 0.159. The zero-order chi connectivity index (χ0) is 17.9. The Hall–Kier alpha value is -2.99. The number of aliphatic hydroxyl groups is 1. The molecular weight excluding hydrogens is 328 g/mol. The number of aliphatic hydroxyl groups excluding tert-OH is 1. The molecule has 132 valence electrons. The lowest BCUT2D eigenvalue weighted by Crippen LogP contribution is -2.54. The van der Waals surface area contributed by atoms with E-state index in [2.05, 4.69) is 15.3 Å². The van der Waals surface area contributed by atoms with Crippen molar-refractivity contribution in [2.45, 2.75) is 18.6 Å². The fourth-order valence-corrected chi connectivity index (χ4v) is 3.25. The van der Waals surface area contributed by atoms with Crippen LogP contribution in [0.25, 0.3) is 11.0 Å². The predicted molar refractivity (Wildman–Crippen MR) is 100 cm³/mol. The molecular formula is C20H20N4O2. The highest BCUT2D eigenvalue weighted by atomic mass is 16.3. The highest BCUT2D eigenvalue weighted by molar-refractivity contribution is 5.94. The Bertz CT molecular complexity index is 916. The number of benzene rings is 2. The van der Waals surface area contributed by atoms with Gasteiger partial charge in [-0.3, -0.25) is 9.78 Å². The number of para-hydroxylation sites is 2. The van der Waals surface area contributed by atoms with Crippen LogP contribution in [-0.4, -0.2) is 46.2 Å². The number of piperidine rings is 1. The fourth-order valence-electron chi connectivity index (χ4n) is 3.25. The maximum absolute atomic E-state index is 12.3. The summed E-state index contributed by atoms with van der Waals surface area (Å²) in [5, 5.41) is 13.4. The van der Waals surface area contributed by atoms with Crippen LogP contribution in [0.1, 0.15) is 16.8 Å². The summed E-state index contributed by atoms with van der Waals surface area (Å²) in [6, 6.07) is 16.5. The zero-order valence-corrected chi connectivity index (χ0v) is 14.2. The molecule has 6 nitrogen and oxygen atoms in total. The van der Waals surface area contributed by atoms with Gasteiger partial charge in [0, 0.05) is 18.7 Å². The van der Waals surface area contributed by atoms with Crippen LogP contribution >= 0.6 is 0 Å². The number of anilines is 1. The number of hydrogen-bond donors (Lipinski definition) is 2. The summed E-state index contributed by atoms with van der Waals surface area (Å²) >= 11 is 0. The van der Waals surface area contributed by atoms with Gasteiger partial charge >= 0.3 is 0 Å². The highest BCUT2D eigenvalue weighted by Crippen LogP contribution is 2.20. The third-order valence-corrected chi connectivity index (χ3v) is 4.69. The van der Waals surface area contributed by atoms with Crippen LogP contribution in [0, 0.1) is 0 Å². The van der Waals surface area contributed by atoms with E-state index in [0.717, 1.165) is 16.9 Å². The second kappa shape index (κ2) is 7.09. The first-order chi connectivity index (χ1) is 12.7. The van der Waals surface area contributed by atoms with Crippen LogP contribution in [-0.2, 0) is 0 Å². The van der Waals surface area contributed by atoms with Gasteiger partial charge in [-0.15, -0.1) is 0 Å². The maximum Gasteiger partial charge on any atom is 0.251 e. The molecule has 0 spiro atoms. The lowest BCUT2D eigenvalue weighted by Gasteiger charge is -2.36. The molecule has 3 aromatic rings. The van der Waals surface area contributed by atoms with Gasteiger partial charge in [-0.2, -0.15) is 0 Å². The molecule has 1 fully saturated rings. The molecule has 1 amide bonds. The van der Waals surface area contributed by atoms with Crippen LogP contribution in [0.3, 0.4) is 0 Å². The summed E-state index contributed by atoms with van der Waals surface area (Å²) in [6.07, 6.45) is 1.72. The van der Waals surface area contributed by atoms with E-state index in [9.17, 15) is 9.90 Å². The minimum Gasteiger partial charge on any atom is -0.389 e. The average Bonchev–Trinajstić information content (AvgIpc) is 2.69. The van der Waals surface area contributed by atoms with E-state index < -0.39 is 6.10 Å². The van der Waals surface area contributed by atoms with Gasteiger partial charge in [0.15, 0.2) is 0 Å². The molecule has 2 N–H and O–H groups in total. The molecule has 1 aromatic heterocycles. The van der Waals surface area contributed by atoms with Crippen LogP contribution in [0.5, 0.6) is 0 Å². The third kappa shape index (κ3) is 3.36. The number of amides is 1. The quantitative estimate of drug-likeness (QED) is 0.757. The summed E-state index contributed by atoms with van der Waals surface area (Å²) in [7, 11) is 0. The van der Waals surface area contributed by atoms with Crippen LogP contribution in [0.2, 0.25) is 0 Å². The molecule has 1 aliphatic rings. The summed E-state index contributed by atoms with van der Waals surface area (Å²) in [5.41, 5.74) is 2.28. The second-order valence-corrected chi connectivity index (χ2v) is 6.46. The first-order valence-corrected chi connectivity index (χ1v) is 8.71. The van der Waals surface area contributed by atoms with E-state index in [4.69, 9.17) is 0 Å². The molecule has 0 saturated carbocycles. The van der Waals surface area contributed by atoms with E-state index in [0.29, 0.717) is 25.1 Å². The second-order valence-electron chi connectivity index (χ2n) is 6.46. The van der Waals surface area contributed by atoms with Crippen molar-refractivity contribution in [3.05, 3.63) is 66.4 Å².